The number of esters is 2. The lowest BCUT2D eigenvalue weighted by Crippen LogP contribution is -2.36. The summed E-state index contributed by atoms with van der Waals surface area (Å²) in [6, 6.07) is 0. The Kier molecular flexibility index (Phi) is 5.23. The van der Waals surface area contributed by atoms with Gasteiger partial charge in [-0.1, -0.05) is 19.3 Å². The molecule has 0 aromatic carbocycles. The lowest BCUT2D eigenvalue weighted by atomic mass is 9.79. The summed E-state index contributed by atoms with van der Waals surface area (Å²) in [7, 11) is 1.39. The van der Waals surface area contributed by atoms with Gasteiger partial charge >= 0.3 is 11.9 Å². The summed E-state index contributed by atoms with van der Waals surface area (Å²) in [6.45, 7) is 0. The molecule has 2 aliphatic carbocycles. The summed E-state index contributed by atoms with van der Waals surface area (Å²) < 4.78 is 10.4. The molecule has 4 nitrogen and oxygen atoms in total. The van der Waals surface area contributed by atoms with Gasteiger partial charge in [0.25, 0.3) is 0 Å². The van der Waals surface area contributed by atoms with Gasteiger partial charge in [0.1, 0.15) is 6.10 Å². The molecule has 0 amide bonds. The third-order valence-electron chi connectivity index (χ3n) is 4.41. The van der Waals surface area contributed by atoms with Crippen LogP contribution in [0.25, 0.3) is 0 Å². The summed E-state index contributed by atoms with van der Waals surface area (Å²) in [5.74, 6) is -1.02. The highest BCUT2D eigenvalue weighted by Gasteiger charge is 2.38. The van der Waals surface area contributed by atoms with Crippen molar-refractivity contribution >= 4 is 11.9 Å². The summed E-state index contributed by atoms with van der Waals surface area (Å²) in [4.78, 5) is 24.0. The maximum atomic E-state index is 12.3. The number of ether oxygens (including phenoxy) is 2. The molecule has 2 unspecified atom stereocenters. The van der Waals surface area contributed by atoms with Crippen molar-refractivity contribution in [2.24, 2.45) is 11.8 Å². The van der Waals surface area contributed by atoms with Gasteiger partial charge in [0.05, 0.1) is 18.9 Å². The molecular formula is C15H24O4. The fraction of sp³-hybridized carbons (Fsp3) is 0.867. The molecular weight excluding hydrogens is 244 g/mol. The third-order valence-corrected chi connectivity index (χ3v) is 4.41. The lowest BCUT2D eigenvalue weighted by Gasteiger charge is -2.30. The summed E-state index contributed by atoms with van der Waals surface area (Å²) >= 11 is 0. The van der Waals surface area contributed by atoms with E-state index in [0.717, 1.165) is 51.4 Å². The van der Waals surface area contributed by atoms with Gasteiger partial charge in [-0.2, -0.15) is 0 Å². The van der Waals surface area contributed by atoms with E-state index in [2.05, 4.69) is 0 Å². The second kappa shape index (κ2) is 6.92. The van der Waals surface area contributed by atoms with Crippen LogP contribution in [0, 0.1) is 11.8 Å². The van der Waals surface area contributed by atoms with E-state index < -0.39 is 0 Å². The molecule has 2 saturated carbocycles. The van der Waals surface area contributed by atoms with Gasteiger partial charge in [-0.3, -0.25) is 9.59 Å². The smallest absolute Gasteiger partial charge is 0.310 e. The van der Waals surface area contributed by atoms with E-state index in [1.165, 1.54) is 13.5 Å². The first-order valence-corrected chi connectivity index (χ1v) is 7.50. The van der Waals surface area contributed by atoms with E-state index in [4.69, 9.17) is 9.47 Å². The maximum Gasteiger partial charge on any atom is 0.310 e. The van der Waals surface area contributed by atoms with Gasteiger partial charge in [0, 0.05) is 0 Å². The Labute approximate surface area is 114 Å². The highest BCUT2D eigenvalue weighted by atomic mass is 16.5. The molecule has 0 saturated heterocycles. The van der Waals surface area contributed by atoms with Crippen LogP contribution in [-0.2, 0) is 19.1 Å². The van der Waals surface area contributed by atoms with Crippen molar-refractivity contribution in [2.75, 3.05) is 7.11 Å². The quantitative estimate of drug-likeness (QED) is 0.739. The van der Waals surface area contributed by atoms with Crippen LogP contribution in [0.2, 0.25) is 0 Å². The Bertz CT molecular complexity index is 320. The van der Waals surface area contributed by atoms with Crippen LogP contribution in [0.5, 0.6) is 0 Å². The van der Waals surface area contributed by atoms with Crippen molar-refractivity contribution in [1.82, 2.24) is 0 Å². The fourth-order valence-electron chi connectivity index (χ4n) is 3.28. The molecule has 2 aliphatic rings. The number of carbonyl (C=O) groups is 2. The minimum Gasteiger partial charge on any atom is -0.469 e. The summed E-state index contributed by atoms with van der Waals surface area (Å²) in [5, 5.41) is 0. The fourth-order valence-corrected chi connectivity index (χ4v) is 3.28. The molecule has 2 fully saturated rings. The molecule has 0 aromatic rings. The van der Waals surface area contributed by atoms with Crippen LogP contribution in [-0.4, -0.2) is 25.2 Å². The Morgan fingerprint density at radius 2 is 1.32 bits per heavy atom. The van der Waals surface area contributed by atoms with Crippen LogP contribution in [0.4, 0.5) is 0 Å². The van der Waals surface area contributed by atoms with Crippen molar-refractivity contribution < 1.29 is 19.1 Å². The molecule has 0 aromatic heterocycles. The van der Waals surface area contributed by atoms with Crippen LogP contribution >= 0.6 is 0 Å². The monoisotopic (exact) mass is 268 g/mol. The first-order chi connectivity index (χ1) is 9.22. The van der Waals surface area contributed by atoms with Crippen molar-refractivity contribution in [3.05, 3.63) is 0 Å². The minimum absolute atomic E-state index is 0.0708. The molecule has 0 N–H and O–H groups in total. The normalized spacial score (nSPS) is 28.7. The third kappa shape index (κ3) is 3.71. The highest BCUT2D eigenvalue weighted by molar-refractivity contribution is 5.82. The van der Waals surface area contributed by atoms with E-state index >= 15 is 0 Å². The average molecular weight is 268 g/mol. The van der Waals surface area contributed by atoms with Gasteiger partial charge < -0.3 is 9.47 Å². The summed E-state index contributed by atoms with van der Waals surface area (Å²) in [5.41, 5.74) is 0. The van der Waals surface area contributed by atoms with Crippen LogP contribution in [0.3, 0.4) is 0 Å². The SMILES string of the molecule is COC(=O)C1CCCCC1C(=O)OC1CCCCC1. The van der Waals surface area contributed by atoms with Gasteiger partial charge in [0.2, 0.25) is 0 Å². The number of hydrogen-bond acceptors (Lipinski definition) is 4. The number of methoxy groups -OCH3 is 1. The molecule has 0 bridgehead atoms. The van der Waals surface area contributed by atoms with Crippen molar-refractivity contribution in [3.63, 3.8) is 0 Å². The van der Waals surface area contributed by atoms with Gasteiger partial charge in [0.15, 0.2) is 0 Å². The molecule has 2 rings (SSSR count). The maximum absolute atomic E-state index is 12.3. The van der Waals surface area contributed by atoms with Crippen LogP contribution in [0.15, 0.2) is 0 Å². The zero-order chi connectivity index (χ0) is 13.7. The second-order valence-electron chi connectivity index (χ2n) is 5.72. The molecule has 0 radical (unpaired) electrons. The molecule has 2 atom stereocenters. The van der Waals surface area contributed by atoms with Crippen molar-refractivity contribution in [2.45, 2.75) is 63.9 Å². The Hall–Kier alpha value is -1.06. The predicted molar refractivity (Wildman–Crippen MR) is 70.4 cm³/mol. The Morgan fingerprint density at radius 3 is 1.89 bits per heavy atom. The minimum atomic E-state index is -0.296. The average Bonchev–Trinajstić information content (AvgIpc) is 2.47. The van der Waals surface area contributed by atoms with E-state index in [0.29, 0.717) is 0 Å². The number of hydrogen-bond donors (Lipinski definition) is 0. The van der Waals surface area contributed by atoms with Crippen molar-refractivity contribution in [1.29, 1.82) is 0 Å². The standard InChI is InChI=1S/C15H24O4/c1-18-14(16)12-9-5-6-10-13(12)15(17)19-11-7-3-2-4-8-11/h11-13H,2-10H2,1H3. The molecule has 0 aliphatic heterocycles. The first kappa shape index (κ1) is 14.4. The molecule has 4 heteroatoms. The van der Waals surface area contributed by atoms with Crippen LogP contribution in [0.1, 0.15) is 57.8 Å². The second-order valence-corrected chi connectivity index (χ2v) is 5.72. The Morgan fingerprint density at radius 1 is 0.789 bits per heavy atom. The van der Waals surface area contributed by atoms with Crippen molar-refractivity contribution in [3.8, 4) is 0 Å². The van der Waals surface area contributed by atoms with Gasteiger partial charge in [-0.15, -0.1) is 0 Å². The van der Waals surface area contributed by atoms with Crippen LogP contribution < -0.4 is 0 Å². The lowest BCUT2D eigenvalue weighted by molar-refractivity contribution is -0.165. The largest absolute Gasteiger partial charge is 0.469 e. The van der Waals surface area contributed by atoms with E-state index in [9.17, 15) is 9.59 Å². The molecule has 0 heterocycles. The molecule has 19 heavy (non-hydrogen) atoms. The van der Waals surface area contributed by atoms with Gasteiger partial charge in [-0.25, -0.2) is 0 Å². The zero-order valence-electron chi connectivity index (χ0n) is 11.7. The molecule has 108 valence electrons. The van der Waals surface area contributed by atoms with E-state index in [1.807, 2.05) is 0 Å². The van der Waals surface area contributed by atoms with E-state index in [-0.39, 0.29) is 29.9 Å². The number of rotatable bonds is 3. The number of carbonyl (C=O) groups excluding carboxylic acids is 2. The topological polar surface area (TPSA) is 52.6 Å². The Balaban J connectivity index is 1.92. The first-order valence-electron chi connectivity index (χ1n) is 7.50. The van der Waals surface area contributed by atoms with E-state index in [1.54, 1.807) is 0 Å². The summed E-state index contributed by atoms with van der Waals surface area (Å²) in [6.07, 6.45) is 9.03. The zero-order valence-corrected chi connectivity index (χ0v) is 11.7. The predicted octanol–water partition coefficient (Wildman–Crippen LogP) is 2.84. The highest BCUT2D eigenvalue weighted by Crippen LogP contribution is 2.33. The van der Waals surface area contributed by atoms with Gasteiger partial charge in [-0.05, 0) is 38.5 Å². The molecule has 0 spiro atoms.